The maximum Gasteiger partial charge on any atom is 0.310 e. The number of unbranched alkanes of at least 4 members (excludes halogenated alkanes) is 4. The van der Waals surface area contributed by atoms with Gasteiger partial charge in [0.15, 0.2) is 11.9 Å². The molecule has 1 atom stereocenters. The van der Waals surface area contributed by atoms with Crippen molar-refractivity contribution in [3.63, 3.8) is 0 Å². The first-order chi connectivity index (χ1) is 14.0. The first-order valence-corrected chi connectivity index (χ1v) is 9.95. The van der Waals surface area contributed by atoms with Crippen LogP contribution in [0, 0.1) is 10.1 Å². The van der Waals surface area contributed by atoms with Crippen molar-refractivity contribution in [2.45, 2.75) is 52.1 Å². The number of rotatable bonds is 12. The third kappa shape index (κ3) is 7.44. The lowest BCUT2D eigenvalue weighted by molar-refractivity contribution is -0.386. The fourth-order valence-corrected chi connectivity index (χ4v) is 2.75. The van der Waals surface area contributed by atoms with Crippen molar-refractivity contribution >= 4 is 17.3 Å². The van der Waals surface area contributed by atoms with Crippen LogP contribution in [0.15, 0.2) is 48.5 Å². The summed E-state index contributed by atoms with van der Waals surface area (Å²) in [6.07, 6.45) is 4.91. The Hall–Kier alpha value is -3.09. The number of benzene rings is 2. The summed E-state index contributed by atoms with van der Waals surface area (Å²) in [6.45, 7) is 4.37. The zero-order chi connectivity index (χ0) is 21.1. The summed E-state index contributed by atoms with van der Waals surface area (Å²) in [4.78, 5) is 23.0. The maximum atomic E-state index is 12.4. The van der Waals surface area contributed by atoms with Crippen LogP contribution in [0.5, 0.6) is 11.5 Å². The molecular formula is C22H28N2O5. The molecule has 0 bridgehead atoms. The number of nitro groups is 1. The van der Waals surface area contributed by atoms with Crippen LogP contribution in [-0.4, -0.2) is 23.5 Å². The molecule has 0 aliphatic rings. The molecular weight excluding hydrogens is 372 g/mol. The number of amides is 1. The molecule has 0 saturated carbocycles. The van der Waals surface area contributed by atoms with E-state index in [1.54, 1.807) is 37.3 Å². The van der Waals surface area contributed by atoms with Gasteiger partial charge in [0, 0.05) is 17.8 Å². The van der Waals surface area contributed by atoms with E-state index in [4.69, 9.17) is 9.47 Å². The Bertz CT molecular complexity index is 809. The largest absolute Gasteiger partial charge is 0.494 e. The highest BCUT2D eigenvalue weighted by Gasteiger charge is 2.20. The normalized spacial score (nSPS) is 11.5. The van der Waals surface area contributed by atoms with Crippen LogP contribution in [0.3, 0.4) is 0 Å². The predicted molar refractivity (Wildman–Crippen MR) is 113 cm³/mol. The molecule has 2 rings (SSSR count). The van der Waals surface area contributed by atoms with Gasteiger partial charge in [-0.2, -0.15) is 0 Å². The summed E-state index contributed by atoms with van der Waals surface area (Å²) in [5.74, 6) is 0.339. The van der Waals surface area contributed by atoms with Gasteiger partial charge in [-0.05, 0) is 31.5 Å². The van der Waals surface area contributed by atoms with E-state index in [0.717, 1.165) is 12.8 Å². The van der Waals surface area contributed by atoms with Gasteiger partial charge in [0.2, 0.25) is 0 Å². The van der Waals surface area contributed by atoms with E-state index in [1.165, 1.54) is 31.4 Å². The van der Waals surface area contributed by atoms with Gasteiger partial charge in [-0.3, -0.25) is 14.9 Å². The Balaban J connectivity index is 1.87. The summed E-state index contributed by atoms with van der Waals surface area (Å²) >= 11 is 0. The number of hydrogen-bond donors (Lipinski definition) is 1. The van der Waals surface area contributed by atoms with Crippen molar-refractivity contribution in [3.05, 3.63) is 58.6 Å². The molecule has 0 saturated heterocycles. The number of anilines is 1. The zero-order valence-corrected chi connectivity index (χ0v) is 16.9. The standard InChI is InChI=1S/C22H28N2O5/c1-3-4-5-6-9-15-28-19-12-10-11-18(16-19)23-22(25)17(2)29-21-14-8-7-13-20(21)24(26)27/h7-8,10-14,16-17H,3-6,9,15H2,1-2H3,(H,23,25). The van der Waals surface area contributed by atoms with Gasteiger partial charge < -0.3 is 14.8 Å². The molecule has 0 heterocycles. The summed E-state index contributed by atoms with van der Waals surface area (Å²) in [7, 11) is 0. The van der Waals surface area contributed by atoms with Crippen molar-refractivity contribution in [1.82, 2.24) is 0 Å². The average molecular weight is 400 g/mol. The van der Waals surface area contributed by atoms with E-state index < -0.39 is 16.9 Å². The number of carbonyl (C=O) groups is 1. The van der Waals surface area contributed by atoms with E-state index in [0.29, 0.717) is 18.0 Å². The second-order valence-electron chi connectivity index (χ2n) is 6.76. The Morgan fingerprint density at radius 1 is 1.10 bits per heavy atom. The van der Waals surface area contributed by atoms with Gasteiger partial charge in [-0.25, -0.2) is 0 Å². The van der Waals surface area contributed by atoms with Crippen LogP contribution in [0.1, 0.15) is 46.0 Å². The quantitative estimate of drug-likeness (QED) is 0.295. The molecule has 1 amide bonds. The molecule has 156 valence electrons. The van der Waals surface area contributed by atoms with Crippen LogP contribution < -0.4 is 14.8 Å². The van der Waals surface area contributed by atoms with Gasteiger partial charge >= 0.3 is 5.69 Å². The minimum Gasteiger partial charge on any atom is -0.494 e. The second-order valence-corrected chi connectivity index (χ2v) is 6.76. The molecule has 0 fully saturated rings. The molecule has 2 aromatic rings. The molecule has 7 nitrogen and oxygen atoms in total. The van der Waals surface area contributed by atoms with E-state index in [1.807, 2.05) is 6.07 Å². The monoisotopic (exact) mass is 400 g/mol. The number of nitrogens with one attached hydrogen (secondary N) is 1. The van der Waals surface area contributed by atoms with Gasteiger partial charge in [0.25, 0.3) is 5.91 Å². The van der Waals surface area contributed by atoms with Gasteiger partial charge in [-0.1, -0.05) is 50.8 Å². The maximum absolute atomic E-state index is 12.4. The number of ether oxygens (including phenoxy) is 2. The minimum absolute atomic E-state index is 0.0558. The Morgan fingerprint density at radius 2 is 1.86 bits per heavy atom. The lowest BCUT2D eigenvalue weighted by Crippen LogP contribution is -2.30. The second kappa shape index (κ2) is 11.7. The third-order valence-corrected chi connectivity index (χ3v) is 4.35. The molecule has 0 aromatic heterocycles. The van der Waals surface area contributed by atoms with Crippen LogP contribution >= 0.6 is 0 Å². The summed E-state index contributed by atoms with van der Waals surface area (Å²) in [6, 6.07) is 13.1. The highest BCUT2D eigenvalue weighted by Crippen LogP contribution is 2.27. The Morgan fingerprint density at radius 3 is 2.62 bits per heavy atom. The fourth-order valence-electron chi connectivity index (χ4n) is 2.75. The molecule has 1 unspecified atom stereocenters. The van der Waals surface area contributed by atoms with E-state index in [-0.39, 0.29) is 11.4 Å². The molecule has 0 radical (unpaired) electrons. The summed E-state index contributed by atoms with van der Waals surface area (Å²) in [5, 5.41) is 13.8. The van der Waals surface area contributed by atoms with Crippen LogP contribution in [0.25, 0.3) is 0 Å². The number of nitrogens with zero attached hydrogens (tertiary/aromatic N) is 1. The molecule has 1 N–H and O–H groups in total. The summed E-state index contributed by atoms with van der Waals surface area (Å²) < 4.78 is 11.2. The molecule has 0 aliphatic heterocycles. The summed E-state index contributed by atoms with van der Waals surface area (Å²) in [5.41, 5.74) is 0.401. The first kappa shape index (κ1) is 22.2. The zero-order valence-electron chi connectivity index (χ0n) is 16.9. The first-order valence-electron chi connectivity index (χ1n) is 9.95. The van der Waals surface area contributed by atoms with Gasteiger partial charge in [0.05, 0.1) is 11.5 Å². The van der Waals surface area contributed by atoms with Gasteiger partial charge in [0.1, 0.15) is 5.75 Å². The number of carbonyl (C=O) groups excluding carboxylic acids is 1. The van der Waals surface area contributed by atoms with E-state index >= 15 is 0 Å². The Kier molecular flexibility index (Phi) is 8.95. The van der Waals surface area contributed by atoms with Crippen molar-refractivity contribution < 1.29 is 19.2 Å². The van der Waals surface area contributed by atoms with Crippen LogP contribution in [-0.2, 0) is 4.79 Å². The van der Waals surface area contributed by atoms with Crippen molar-refractivity contribution in [2.75, 3.05) is 11.9 Å². The third-order valence-electron chi connectivity index (χ3n) is 4.35. The van der Waals surface area contributed by atoms with Crippen molar-refractivity contribution in [3.8, 4) is 11.5 Å². The highest BCUT2D eigenvalue weighted by molar-refractivity contribution is 5.94. The van der Waals surface area contributed by atoms with Crippen molar-refractivity contribution in [2.24, 2.45) is 0 Å². The highest BCUT2D eigenvalue weighted by atomic mass is 16.6. The lowest BCUT2D eigenvalue weighted by atomic mass is 10.2. The topological polar surface area (TPSA) is 90.7 Å². The number of hydrogen-bond acceptors (Lipinski definition) is 5. The van der Waals surface area contributed by atoms with Gasteiger partial charge in [-0.15, -0.1) is 0 Å². The predicted octanol–water partition coefficient (Wildman–Crippen LogP) is 5.35. The van der Waals surface area contributed by atoms with Crippen LogP contribution in [0.2, 0.25) is 0 Å². The fraction of sp³-hybridized carbons (Fsp3) is 0.409. The molecule has 0 aliphatic carbocycles. The van der Waals surface area contributed by atoms with Crippen molar-refractivity contribution in [1.29, 1.82) is 0 Å². The number of para-hydroxylation sites is 2. The molecule has 7 heteroatoms. The number of nitro benzene ring substituents is 1. The smallest absolute Gasteiger partial charge is 0.310 e. The molecule has 2 aromatic carbocycles. The SMILES string of the molecule is CCCCCCCOc1cccc(NC(=O)C(C)Oc2ccccc2[N+](=O)[O-])c1. The lowest BCUT2D eigenvalue weighted by Gasteiger charge is -2.15. The van der Waals surface area contributed by atoms with Crippen LogP contribution in [0.4, 0.5) is 11.4 Å². The minimum atomic E-state index is -0.903. The molecule has 29 heavy (non-hydrogen) atoms. The van der Waals surface area contributed by atoms with E-state index in [2.05, 4.69) is 12.2 Å². The average Bonchev–Trinajstić information content (AvgIpc) is 2.71. The Labute approximate surface area is 171 Å². The molecule has 0 spiro atoms. The van der Waals surface area contributed by atoms with E-state index in [9.17, 15) is 14.9 Å².